The van der Waals surface area contributed by atoms with Gasteiger partial charge in [-0.05, 0) is 58.6 Å². The lowest BCUT2D eigenvalue weighted by atomic mass is 10.00. The van der Waals surface area contributed by atoms with Crippen LogP contribution in [0.15, 0.2) is 74.1 Å². The molecule has 0 aliphatic rings. The normalized spacial score (nSPS) is 12.3. The van der Waals surface area contributed by atoms with Crippen LogP contribution in [-0.2, 0) is 16.5 Å². The molecule has 1 aromatic heterocycles. The summed E-state index contributed by atoms with van der Waals surface area (Å²) >= 11 is 0. The Kier molecular flexibility index (Phi) is 8.45. The molecule has 0 atom stereocenters. The molecule has 3 N–H and O–H groups in total. The van der Waals surface area contributed by atoms with Crippen molar-refractivity contribution in [2.24, 2.45) is 20.5 Å². The number of nitrogens with zero attached hydrogens (tertiary/aromatic N) is 6. The SMILES string of the molecule is CN=Nc1ccc(S(=O)(=O)O)c(N=Nc2c(C)c(-[n+]3ccccc3)c(O)c(CCCN(C)C)c2O)c1. The van der Waals surface area contributed by atoms with E-state index in [0.29, 0.717) is 35.3 Å². The number of benzene rings is 2. The Morgan fingerprint density at radius 1 is 1.00 bits per heavy atom. The number of rotatable bonds is 9. The van der Waals surface area contributed by atoms with Crippen molar-refractivity contribution in [2.75, 3.05) is 27.7 Å². The third kappa shape index (κ3) is 6.08. The van der Waals surface area contributed by atoms with E-state index < -0.39 is 15.0 Å². The second-order valence-electron chi connectivity index (χ2n) is 8.31. The van der Waals surface area contributed by atoms with E-state index in [-0.39, 0.29) is 22.9 Å². The highest BCUT2D eigenvalue weighted by Crippen LogP contribution is 2.44. The van der Waals surface area contributed by atoms with Gasteiger partial charge < -0.3 is 15.1 Å². The molecule has 1 heterocycles. The molecule has 0 saturated carbocycles. The van der Waals surface area contributed by atoms with Crippen molar-refractivity contribution in [3.63, 3.8) is 0 Å². The maximum absolute atomic E-state index is 11.9. The molecule has 0 aliphatic heterocycles. The molecule has 11 nitrogen and oxygen atoms in total. The van der Waals surface area contributed by atoms with Crippen molar-refractivity contribution in [3.8, 4) is 17.2 Å². The van der Waals surface area contributed by atoms with Crippen molar-refractivity contribution in [1.82, 2.24) is 4.90 Å². The van der Waals surface area contributed by atoms with Crippen molar-refractivity contribution >= 4 is 27.2 Å². The van der Waals surface area contributed by atoms with Gasteiger partial charge in [-0.2, -0.15) is 23.2 Å². The first-order valence-electron chi connectivity index (χ1n) is 11.1. The topological polar surface area (TPSA) is 151 Å². The van der Waals surface area contributed by atoms with E-state index >= 15 is 0 Å². The lowest BCUT2D eigenvalue weighted by Gasteiger charge is -2.15. The van der Waals surface area contributed by atoms with E-state index in [2.05, 4.69) is 20.5 Å². The van der Waals surface area contributed by atoms with Gasteiger partial charge in [0.25, 0.3) is 15.8 Å². The minimum Gasteiger partial charge on any atom is -0.505 e. The highest BCUT2D eigenvalue weighted by molar-refractivity contribution is 7.86. The number of azo groups is 2. The Hall–Kier alpha value is -3.74. The minimum absolute atomic E-state index is 0.0582. The first-order valence-corrected chi connectivity index (χ1v) is 12.5. The van der Waals surface area contributed by atoms with Crippen molar-refractivity contribution < 1.29 is 27.8 Å². The molecule has 12 heteroatoms. The van der Waals surface area contributed by atoms with Crippen LogP contribution >= 0.6 is 0 Å². The number of phenolic OH excluding ortho intramolecular Hbond substituents is 2. The van der Waals surface area contributed by atoms with Crippen molar-refractivity contribution in [1.29, 1.82) is 0 Å². The molecule has 0 bridgehead atoms. The Balaban J connectivity index is 2.22. The van der Waals surface area contributed by atoms with E-state index in [1.54, 1.807) is 36.0 Å². The van der Waals surface area contributed by atoms with Gasteiger partial charge in [0.05, 0.1) is 11.3 Å². The van der Waals surface area contributed by atoms with E-state index in [1.807, 2.05) is 25.1 Å². The Morgan fingerprint density at radius 3 is 2.31 bits per heavy atom. The maximum Gasteiger partial charge on any atom is 0.296 e. The summed E-state index contributed by atoms with van der Waals surface area (Å²) in [5.41, 5.74) is 1.30. The number of hydrogen-bond acceptors (Lipinski definition) is 9. The Bertz CT molecular complexity index is 1410. The molecule has 190 valence electrons. The fraction of sp³-hybridized carbons (Fsp3) is 0.292. The molecule has 0 aliphatic carbocycles. The van der Waals surface area contributed by atoms with Crippen LogP contribution < -0.4 is 4.57 Å². The third-order valence-corrected chi connectivity index (χ3v) is 6.33. The summed E-state index contributed by atoms with van der Waals surface area (Å²) in [4.78, 5) is 1.52. The summed E-state index contributed by atoms with van der Waals surface area (Å²) in [6.45, 7) is 2.39. The first-order chi connectivity index (χ1) is 17.0. The highest BCUT2D eigenvalue weighted by atomic mass is 32.2. The van der Waals surface area contributed by atoms with E-state index in [1.165, 1.54) is 19.2 Å². The molecule has 0 saturated heterocycles. The zero-order chi connectivity index (χ0) is 26.5. The summed E-state index contributed by atoms with van der Waals surface area (Å²) in [7, 11) is 0.700. The Morgan fingerprint density at radius 2 is 1.69 bits per heavy atom. The van der Waals surface area contributed by atoms with Gasteiger partial charge in [-0.25, -0.2) is 0 Å². The standard InChI is InChI=1S/C24H28N6O5S/c1-16-21(28-27-19-15-17(26-25-2)10-11-20(19)36(33,34)35)23(31)18(9-8-12-29(3)4)24(32)22(16)30-13-6-5-7-14-30/h5-7,10-11,13-15H,8-9,12H2,1-4H3,(H2-,27,31,32,33,34,35)/p+1. The lowest BCUT2D eigenvalue weighted by Crippen LogP contribution is -2.30. The second kappa shape index (κ2) is 11.3. The minimum atomic E-state index is -4.61. The van der Waals surface area contributed by atoms with Crippen LogP contribution in [0.4, 0.5) is 17.1 Å². The molecule has 3 rings (SSSR count). The Labute approximate surface area is 209 Å². The summed E-state index contributed by atoms with van der Waals surface area (Å²) in [6.07, 6.45) is 4.52. The number of phenols is 2. The molecule has 3 aromatic rings. The summed E-state index contributed by atoms with van der Waals surface area (Å²) in [5.74, 6) is -0.339. The summed E-state index contributed by atoms with van der Waals surface area (Å²) in [5, 5.41) is 38.0. The van der Waals surface area contributed by atoms with Crippen LogP contribution in [0.25, 0.3) is 5.69 Å². The average molecular weight is 514 g/mol. The number of pyridine rings is 1. The summed E-state index contributed by atoms with van der Waals surface area (Å²) < 4.78 is 35.1. The molecule has 0 unspecified atom stereocenters. The van der Waals surface area contributed by atoms with Crippen LogP contribution in [-0.4, -0.2) is 55.8 Å². The maximum atomic E-state index is 11.9. The zero-order valence-corrected chi connectivity index (χ0v) is 21.3. The van der Waals surface area contributed by atoms with E-state index in [9.17, 15) is 23.2 Å². The van der Waals surface area contributed by atoms with Gasteiger partial charge in [0.15, 0.2) is 23.9 Å². The van der Waals surface area contributed by atoms with Crippen LogP contribution in [0, 0.1) is 6.92 Å². The lowest BCUT2D eigenvalue weighted by molar-refractivity contribution is -0.596. The molecule has 36 heavy (non-hydrogen) atoms. The fourth-order valence-electron chi connectivity index (χ4n) is 3.74. The molecule has 2 aromatic carbocycles. The number of hydrogen-bond donors (Lipinski definition) is 3. The monoisotopic (exact) mass is 513 g/mol. The van der Waals surface area contributed by atoms with Gasteiger partial charge >= 0.3 is 0 Å². The van der Waals surface area contributed by atoms with Gasteiger partial charge in [-0.1, -0.05) is 6.07 Å². The largest absolute Gasteiger partial charge is 0.505 e. The molecular weight excluding hydrogens is 484 g/mol. The molecule has 0 fully saturated rings. The smallest absolute Gasteiger partial charge is 0.296 e. The molecule has 0 radical (unpaired) electrons. The molecule has 0 amide bonds. The van der Waals surface area contributed by atoms with Gasteiger partial charge in [-0.3, -0.25) is 4.55 Å². The van der Waals surface area contributed by atoms with Gasteiger partial charge in [0.1, 0.15) is 16.3 Å². The molecular formula is C24H29N6O5S+. The third-order valence-electron chi connectivity index (χ3n) is 5.43. The zero-order valence-electron chi connectivity index (χ0n) is 20.5. The van der Waals surface area contributed by atoms with Crippen molar-refractivity contribution in [3.05, 3.63) is 59.9 Å². The van der Waals surface area contributed by atoms with E-state index in [0.717, 1.165) is 12.6 Å². The predicted molar refractivity (Wildman–Crippen MR) is 134 cm³/mol. The number of aromatic nitrogens is 1. The van der Waals surface area contributed by atoms with Gasteiger partial charge in [0.2, 0.25) is 0 Å². The van der Waals surface area contributed by atoms with Crippen LogP contribution in [0.1, 0.15) is 17.5 Å². The van der Waals surface area contributed by atoms with Gasteiger partial charge in [-0.15, -0.1) is 10.2 Å². The van der Waals surface area contributed by atoms with Crippen LogP contribution in [0.3, 0.4) is 0 Å². The molecule has 0 spiro atoms. The van der Waals surface area contributed by atoms with Crippen LogP contribution in [0.5, 0.6) is 11.5 Å². The van der Waals surface area contributed by atoms with E-state index in [4.69, 9.17) is 0 Å². The average Bonchev–Trinajstić information content (AvgIpc) is 2.81. The number of aromatic hydroxyl groups is 2. The summed E-state index contributed by atoms with van der Waals surface area (Å²) in [6, 6.07) is 9.24. The van der Waals surface area contributed by atoms with Crippen molar-refractivity contribution in [2.45, 2.75) is 24.7 Å². The second-order valence-corrected chi connectivity index (χ2v) is 9.70. The quantitative estimate of drug-likeness (QED) is 0.217. The predicted octanol–water partition coefficient (Wildman–Crippen LogP) is 4.55. The van der Waals surface area contributed by atoms with Crippen LogP contribution in [0.2, 0.25) is 0 Å². The van der Waals surface area contributed by atoms with Gasteiger partial charge in [0, 0.05) is 24.7 Å². The fourth-order valence-corrected chi connectivity index (χ4v) is 4.35. The first kappa shape index (κ1) is 26.9. The highest BCUT2D eigenvalue weighted by Gasteiger charge is 2.27.